The Morgan fingerprint density at radius 2 is 1.86 bits per heavy atom. The van der Waals surface area contributed by atoms with E-state index in [0.29, 0.717) is 24.2 Å². The predicted molar refractivity (Wildman–Crippen MR) is 136 cm³/mol. The summed E-state index contributed by atoms with van der Waals surface area (Å²) in [6.45, 7) is 7.28. The molecule has 0 spiro atoms. The molecule has 0 radical (unpaired) electrons. The molecule has 4 rings (SSSR count). The largest absolute Gasteiger partial charge is 0.462 e. The van der Waals surface area contributed by atoms with Gasteiger partial charge in [-0.05, 0) is 51.0 Å². The number of amides is 1. The zero-order valence-corrected chi connectivity index (χ0v) is 20.8. The van der Waals surface area contributed by atoms with Gasteiger partial charge in [-0.25, -0.2) is 9.78 Å². The number of nitro groups is 1. The summed E-state index contributed by atoms with van der Waals surface area (Å²) < 4.78 is 8.16. The van der Waals surface area contributed by atoms with E-state index in [1.807, 2.05) is 19.9 Å². The number of nitrogens with zero attached hydrogens (tertiary/aromatic N) is 5. The molecule has 0 aliphatic heterocycles. The molecule has 0 aliphatic carbocycles. The standard InChI is InChI=1S/C26H25N5O6/c1-5-11-29-22-18(25(33)30-12-7-8-16(4)21(30)27-22)14-19(26(34)37-6-2)23(29)28-24(32)17-10-9-15(3)20(13-17)31(35)36/h7-10,12-14H,5-6,11H2,1-4H3. The first-order valence-electron chi connectivity index (χ1n) is 11.7. The SMILES string of the molecule is CCCn1c(=NC(=O)c2ccc(C)c([N+](=O)[O-])c2)c(C(=O)OCC)cc2c(=O)n3cccc(C)c3nc21. The Labute approximate surface area is 210 Å². The van der Waals surface area contributed by atoms with Gasteiger partial charge in [-0.2, -0.15) is 4.99 Å². The van der Waals surface area contributed by atoms with Gasteiger partial charge in [-0.1, -0.05) is 19.1 Å². The van der Waals surface area contributed by atoms with E-state index in [9.17, 15) is 24.5 Å². The van der Waals surface area contributed by atoms with E-state index in [-0.39, 0.29) is 45.5 Å². The van der Waals surface area contributed by atoms with Crippen LogP contribution in [0.4, 0.5) is 5.69 Å². The summed E-state index contributed by atoms with van der Waals surface area (Å²) in [5.74, 6) is -1.55. The number of nitro benzene ring substituents is 1. The van der Waals surface area contributed by atoms with Crippen LogP contribution in [0.3, 0.4) is 0 Å². The van der Waals surface area contributed by atoms with E-state index < -0.39 is 16.8 Å². The van der Waals surface area contributed by atoms with Crippen LogP contribution in [0.15, 0.2) is 52.4 Å². The van der Waals surface area contributed by atoms with E-state index in [0.717, 1.165) is 11.6 Å². The third kappa shape index (κ3) is 4.63. The lowest BCUT2D eigenvalue weighted by atomic mass is 10.1. The summed E-state index contributed by atoms with van der Waals surface area (Å²) in [6, 6.07) is 8.94. The molecule has 0 bridgehead atoms. The number of carbonyl (C=O) groups excluding carboxylic acids is 2. The van der Waals surface area contributed by atoms with Crippen molar-refractivity contribution in [3.63, 3.8) is 0 Å². The quantitative estimate of drug-likeness (QED) is 0.170. The van der Waals surface area contributed by atoms with Crippen LogP contribution in [0, 0.1) is 24.0 Å². The maximum Gasteiger partial charge on any atom is 0.341 e. The van der Waals surface area contributed by atoms with Gasteiger partial charge in [0.25, 0.3) is 17.2 Å². The number of rotatable bonds is 6. The zero-order chi connectivity index (χ0) is 26.9. The first-order valence-corrected chi connectivity index (χ1v) is 11.7. The highest BCUT2D eigenvalue weighted by Crippen LogP contribution is 2.20. The minimum atomic E-state index is -0.786. The number of hydrogen-bond donors (Lipinski definition) is 0. The Morgan fingerprint density at radius 3 is 2.54 bits per heavy atom. The van der Waals surface area contributed by atoms with Crippen LogP contribution in [0.1, 0.15) is 52.1 Å². The van der Waals surface area contributed by atoms with Crippen molar-refractivity contribution in [1.82, 2.24) is 14.0 Å². The van der Waals surface area contributed by atoms with Crippen LogP contribution in [0.2, 0.25) is 0 Å². The number of hydrogen-bond acceptors (Lipinski definition) is 7. The molecule has 0 saturated carbocycles. The molecule has 3 aromatic heterocycles. The van der Waals surface area contributed by atoms with Crippen LogP contribution in [0.5, 0.6) is 0 Å². The van der Waals surface area contributed by atoms with Crippen LogP contribution in [-0.4, -0.2) is 37.4 Å². The molecule has 11 heteroatoms. The average molecular weight is 504 g/mol. The van der Waals surface area contributed by atoms with E-state index in [1.54, 1.807) is 30.7 Å². The van der Waals surface area contributed by atoms with Gasteiger partial charge in [0.2, 0.25) is 0 Å². The second kappa shape index (κ2) is 10.1. The third-order valence-electron chi connectivity index (χ3n) is 5.91. The van der Waals surface area contributed by atoms with Crippen molar-refractivity contribution in [2.24, 2.45) is 4.99 Å². The van der Waals surface area contributed by atoms with E-state index >= 15 is 0 Å². The van der Waals surface area contributed by atoms with Gasteiger partial charge >= 0.3 is 5.97 Å². The highest BCUT2D eigenvalue weighted by molar-refractivity contribution is 5.97. The Kier molecular flexibility index (Phi) is 6.96. The van der Waals surface area contributed by atoms with Gasteiger partial charge in [0, 0.05) is 29.9 Å². The molecule has 0 atom stereocenters. The minimum absolute atomic E-state index is 0.0161. The minimum Gasteiger partial charge on any atom is -0.462 e. The first-order chi connectivity index (χ1) is 17.7. The van der Waals surface area contributed by atoms with Gasteiger partial charge in [-0.3, -0.25) is 24.1 Å². The number of aromatic nitrogens is 3. The Hall–Kier alpha value is -4.67. The molecule has 4 aromatic rings. The van der Waals surface area contributed by atoms with Crippen LogP contribution >= 0.6 is 0 Å². The molecule has 0 aliphatic rings. The molecule has 0 saturated heterocycles. The van der Waals surface area contributed by atoms with Crippen LogP contribution < -0.4 is 11.0 Å². The second-order valence-corrected chi connectivity index (χ2v) is 8.47. The molecule has 190 valence electrons. The fourth-order valence-electron chi connectivity index (χ4n) is 4.10. The third-order valence-corrected chi connectivity index (χ3v) is 5.91. The van der Waals surface area contributed by atoms with Crippen molar-refractivity contribution >= 4 is 34.2 Å². The van der Waals surface area contributed by atoms with Crippen molar-refractivity contribution in [3.8, 4) is 0 Å². The summed E-state index contributed by atoms with van der Waals surface area (Å²) in [7, 11) is 0. The van der Waals surface area contributed by atoms with Crippen molar-refractivity contribution < 1.29 is 19.2 Å². The number of carbonyl (C=O) groups is 2. The van der Waals surface area contributed by atoms with E-state index in [4.69, 9.17) is 9.72 Å². The molecule has 1 amide bonds. The lowest BCUT2D eigenvalue weighted by Gasteiger charge is -2.15. The Balaban J connectivity index is 2.11. The summed E-state index contributed by atoms with van der Waals surface area (Å²) in [6.07, 6.45) is 2.17. The number of pyridine rings is 2. The van der Waals surface area contributed by atoms with Gasteiger partial charge in [0.1, 0.15) is 16.9 Å². The predicted octanol–water partition coefficient (Wildman–Crippen LogP) is 3.50. The number of ether oxygens (including phenoxy) is 1. The molecule has 37 heavy (non-hydrogen) atoms. The van der Waals surface area contributed by atoms with Crippen molar-refractivity contribution in [2.45, 2.75) is 40.7 Å². The summed E-state index contributed by atoms with van der Waals surface area (Å²) in [5, 5.41) is 11.5. The first kappa shape index (κ1) is 25.4. The highest BCUT2D eigenvalue weighted by Gasteiger charge is 2.21. The topological polar surface area (TPSA) is 138 Å². The Bertz CT molecular complexity index is 1720. The molecule has 0 unspecified atom stereocenters. The maximum atomic E-state index is 13.4. The van der Waals surface area contributed by atoms with Crippen LogP contribution in [0.25, 0.3) is 16.7 Å². The molecular formula is C26H25N5O6. The maximum absolute atomic E-state index is 13.4. The van der Waals surface area contributed by atoms with Gasteiger partial charge < -0.3 is 9.30 Å². The zero-order valence-electron chi connectivity index (χ0n) is 20.8. The summed E-state index contributed by atoms with van der Waals surface area (Å²) in [5.41, 5.74) is 1.12. The average Bonchev–Trinajstić information content (AvgIpc) is 2.86. The fraction of sp³-hybridized carbons (Fsp3) is 0.269. The smallest absolute Gasteiger partial charge is 0.341 e. The molecular weight excluding hydrogens is 478 g/mol. The molecule has 1 aromatic carbocycles. The van der Waals surface area contributed by atoms with Crippen LogP contribution in [-0.2, 0) is 11.3 Å². The highest BCUT2D eigenvalue weighted by atomic mass is 16.6. The molecule has 11 nitrogen and oxygen atoms in total. The molecule has 3 heterocycles. The second-order valence-electron chi connectivity index (χ2n) is 8.47. The number of esters is 1. The number of benzene rings is 1. The number of aryl methyl sites for hydroxylation is 3. The molecule has 0 N–H and O–H groups in total. The van der Waals surface area contributed by atoms with E-state index in [1.165, 1.54) is 22.6 Å². The van der Waals surface area contributed by atoms with Gasteiger partial charge in [0.15, 0.2) is 5.49 Å². The Morgan fingerprint density at radius 1 is 1.11 bits per heavy atom. The van der Waals surface area contributed by atoms with Gasteiger partial charge in [-0.15, -0.1) is 0 Å². The summed E-state index contributed by atoms with van der Waals surface area (Å²) >= 11 is 0. The fourth-order valence-corrected chi connectivity index (χ4v) is 4.10. The van der Waals surface area contributed by atoms with Crippen molar-refractivity contribution in [1.29, 1.82) is 0 Å². The number of fused-ring (bicyclic) bond motifs is 2. The van der Waals surface area contributed by atoms with E-state index in [2.05, 4.69) is 4.99 Å². The lowest BCUT2D eigenvalue weighted by Crippen LogP contribution is -2.33. The monoisotopic (exact) mass is 503 g/mol. The molecule has 0 fully saturated rings. The van der Waals surface area contributed by atoms with Crippen molar-refractivity contribution in [3.05, 3.63) is 90.8 Å². The normalized spacial score (nSPS) is 11.7. The summed E-state index contributed by atoms with van der Waals surface area (Å²) in [4.78, 5) is 59.3. The van der Waals surface area contributed by atoms with Crippen molar-refractivity contribution in [2.75, 3.05) is 6.61 Å². The lowest BCUT2D eigenvalue weighted by molar-refractivity contribution is -0.385. The van der Waals surface area contributed by atoms with Gasteiger partial charge in [0.05, 0.1) is 16.9 Å².